The Balaban J connectivity index is 1.54. The fourth-order valence-electron chi connectivity index (χ4n) is 3.21. The number of anilines is 2. The van der Waals surface area contributed by atoms with Gasteiger partial charge in [-0.25, -0.2) is 0 Å². The van der Waals surface area contributed by atoms with Crippen molar-refractivity contribution in [1.82, 2.24) is 0 Å². The van der Waals surface area contributed by atoms with E-state index in [0.717, 1.165) is 24.3 Å². The summed E-state index contributed by atoms with van der Waals surface area (Å²) in [6.07, 6.45) is 1.52. The number of ether oxygens (including phenoxy) is 2. The topological polar surface area (TPSA) is 90.9 Å². The summed E-state index contributed by atoms with van der Waals surface area (Å²) < 4.78 is 10.9. The number of benzene rings is 2. The van der Waals surface area contributed by atoms with Crippen LogP contribution in [0.15, 0.2) is 71.8 Å². The molecule has 2 heterocycles. The average Bonchev–Trinajstić information content (AvgIpc) is 3.05. The predicted molar refractivity (Wildman–Crippen MR) is 106 cm³/mol. The third kappa shape index (κ3) is 4.14. The number of aliphatic carboxylic acids is 1. The Kier molecular flexibility index (Phi) is 5.31. The number of Topliss-reactive ketones (excluding diaryl/α,β-unsaturated/α-hetero) is 1. The molecule has 0 atom stereocenters. The summed E-state index contributed by atoms with van der Waals surface area (Å²) in [5.41, 5.74) is 1.87. The second kappa shape index (κ2) is 8.20. The lowest BCUT2D eigenvalue weighted by Crippen LogP contribution is -2.36. The van der Waals surface area contributed by atoms with Gasteiger partial charge in [-0.15, -0.1) is 0 Å². The monoisotopic (exact) mass is 391 g/mol. The van der Waals surface area contributed by atoms with E-state index < -0.39 is 17.3 Å². The number of nitrogens with zero attached hydrogens (tertiary/aromatic N) is 1. The Morgan fingerprint density at radius 1 is 1.03 bits per heavy atom. The number of rotatable bonds is 5. The lowest BCUT2D eigenvalue weighted by Gasteiger charge is -2.28. The predicted octanol–water partition coefficient (Wildman–Crippen LogP) is 1.54. The maximum atomic E-state index is 12.5. The number of carbonyl (C=O) groups excluding carboxylic acids is 2. The van der Waals surface area contributed by atoms with E-state index in [9.17, 15) is 14.7 Å². The van der Waals surface area contributed by atoms with Gasteiger partial charge in [0.2, 0.25) is 11.7 Å². The van der Waals surface area contributed by atoms with Gasteiger partial charge in [-0.05, 0) is 35.9 Å². The van der Waals surface area contributed by atoms with E-state index in [1.54, 1.807) is 24.3 Å². The van der Waals surface area contributed by atoms with E-state index in [2.05, 4.69) is 10.2 Å². The molecule has 2 aliphatic rings. The van der Waals surface area contributed by atoms with Gasteiger partial charge in [0.15, 0.2) is 5.76 Å². The van der Waals surface area contributed by atoms with Gasteiger partial charge >= 0.3 is 0 Å². The van der Waals surface area contributed by atoms with E-state index >= 15 is 0 Å². The van der Waals surface area contributed by atoms with Gasteiger partial charge in [-0.3, -0.25) is 4.79 Å². The first-order chi connectivity index (χ1) is 14.1. The minimum absolute atomic E-state index is 0.0678. The van der Waals surface area contributed by atoms with Gasteiger partial charge in [0.1, 0.15) is 5.57 Å². The highest BCUT2D eigenvalue weighted by atomic mass is 16.5. The summed E-state index contributed by atoms with van der Waals surface area (Å²) in [6, 6.07) is 16.5. The highest BCUT2D eigenvalue weighted by Gasteiger charge is 2.31. The highest BCUT2D eigenvalue weighted by Crippen LogP contribution is 2.28. The largest absolute Gasteiger partial charge is 0.544 e. The maximum absolute atomic E-state index is 12.5. The number of ketones is 1. The standard InChI is InChI=1S/C22H20N2O5/c25-20-18(14-15-6-8-17(9-7-15)24-10-12-28-13-11-24)29-21(19(20)22(26)27)23-16-4-2-1-3-5-16/h1-9,14,23H,10-13H2,(H,26,27)/p-1/b18-14-. The van der Waals surface area contributed by atoms with Crippen molar-refractivity contribution >= 4 is 29.2 Å². The van der Waals surface area contributed by atoms with Crippen LogP contribution in [-0.2, 0) is 19.1 Å². The number of nitrogens with one attached hydrogen (secondary N) is 1. The van der Waals surface area contributed by atoms with Crippen molar-refractivity contribution in [3.05, 3.63) is 77.4 Å². The third-order valence-electron chi connectivity index (χ3n) is 4.69. The van der Waals surface area contributed by atoms with Crippen molar-refractivity contribution in [2.24, 2.45) is 0 Å². The smallest absolute Gasteiger partial charge is 0.235 e. The zero-order valence-corrected chi connectivity index (χ0v) is 15.6. The van der Waals surface area contributed by atoms with E-state index in [1.807, 2.05) is 30.3 Å². The molecule has 0 unspecified atom stereocenters. The van der Waals surface area contributed by atoms with E-state index in [0.29, 0.717) is 18.9 Å². The molecule has 0 saturated carbocycles. The van der Waals surface area contributed by atoms with Crippen LogP contribution < -0.4 is 15.3 Å². The van der Waals surface area contributed by atoms with Gasteiger partial charge in [0, 0.05) is 24.5 Å². The molecule has 1 N–H and O–H groups in total. The molecule has 0 aromatic heterocycles. The lowest BCUT2D eigenvalue weighted by atomic mass is 10.1. The first-order valence-electron chi connectivity index (χ1n) is 9.26. The molecule has 0 bridgehead atoms. The quantitative estimate of drug-likeness (QED) is 0.611. The Labute approximate surface area is 167 Å². The van der Waals surface area contributed by atoms with Crippen LogP contribution in [0.25, 0.3) is 6.08 Å². The number of carboxylic acids is 1. The molecule has 0 spiro atoms. The molecule has 0 aliphatic carbocycles. The van der Waals surface area contributed by atoms with Crippen molar-refractivity contribution in [3.8, 4) is 0 Å². The molecule has 2 aliphatic heterocycles. The number of allylic oxidation sites excluding steroid dienone is 1. The number of hydrogen-bond acceptors (Lipinski definition) is 7. The van der Waals surface area contributed by atoms with Crippen LogP contribution in [0.2, 0.25) is 0 Å². The van der Waals surface area contributed by atoms with E-state index in [-0.39, 0.29) is 11.6 Å². The first kappa shape index (κ1) is 18.8. The number of carbonyl (C=O) groups is 2. The van der Waals surface area contributed by atoms with Crippen molar-refractivity contribution in [3.63, 3.8) is 0 Å². The van der Waals surface area contributed by atoms with E-state index in [1.165, 1.54) is 6.08 Å². The fourth-order valence-corrected chi connectivity index (χ4v) is 3.21. The first-order valence-corrected chi connectivity index (χ1v) is 9.26. The molecule has 2 aromatic rings. The van der Waals surface area contributed by atoms with Gasteiger partial charge < -0.3 is 29.6 Å². The molecule has 2 aromatic carbocycles. The zero-order valence-electron chi connectivity index (χ0n) is 15.6. The Morgan fingerprint density at radius 2 is 1.72 bits per heavy atom. The highest BCUT2D eigenvalue weighted by molar-refractivity contribution is 6.25. The van der Waals surface area contributed by atoms with Gasteiger partial charge in [-0.2, -0.15) is 0 Å². The summed E-state index contributed by atoms with van der Waals surface area (Å²) in [5.74, 6) is -2.51. The molecule has 7 nitrogen and oxygen atoms in total. The fraction of sp³-hybridized carbons (Fsp3) is 0.182. The SMILES string of the molecule is O=C([O-])C1=C(Nc2ccccc2)O/C(=C\c2ccc(N3CCOCC3)cc2)C1=O. The molecule has 0 radical (unpaired) electrons. The number of para-hydroxylation sites is 1. The third-order valence-corrected chi connectivity index (χ3v) is 4.69. The van der Waals surface area contributed by atoms with Crippen LogP contribution in [-0.4, -0.2) is 38.1 Å². The lowest BCUT2D eigenvalue weighted by molar-refractivity contribution is -0.298. The molecule has 7 heteroatoms. The molecule has 0 amide bonds. The summed E-state index contributed by atoms with van der Waals surface area (Å²) in [5, 5.41) is 14.3. The van der Waals surface area contributed by atoms with Crippen LogP contribution >= 0.6 is 0 Å². The van der Waals surface area contributed by atoms with Gasteiger partial charge in [-0.1, -0.05) is 30.3 Å². The molecular formula is C22H19N2O5-. The summed E-state index contributed by atoms with van der Waals surface area (Å²) in [7, 11) is 0. The van der Waals surface area contributed by atoms with Crippen LogP contribution in [0.4, 0.5) is 11.4 Å². The number of morpholine rings is 1. The number of carboxylic acid groups (broad SMARTS) is 1. The van der Waals surface area contributed by atoms with Crippen LogP contribution in [0.1, 0.15) is 5.56 Å². The second-order valence-corrected chi connectivity index (χ2v) is 6.61. The minimum Gasteiger partial charge on any atom is -0.544 e. The molecule has 148 valence electrons. The molecule has 4 rings (SSSR count). The van der Waals surface area contributed by atoms with E-state index in [4.69, 9.17) is 9.47 Å². The zero-order chi connectivity index (χ0) is 20.2. The summed E-state index contributed by atoms with van der Waals surface area (Å²) >= 11 is 0. The van der Waals surface area contributed by atoms with Crippen molar-refractivity contribution < 1.29 is 24.2 Å². The number of hydrogen-bond donors (Lipinski definition) is 1. The average molecular weight is 391 g/mol. The van der Waals surface area contributed by atoms with Crippen LogP contribution in [0.5, 0.6) is 0 Å². The summed E-state index contributed by atoms with van der Waals surface area (Å²) in [4.78, 5) is 26.2. The normalized spacial score (nSPS) is 18.1. The maximum Gasteiger partial charge on any atom is 0.235 e. The van der Waals surface area contributed by atoms with Crippen LogP contribution in [0.3, 0.4) is 0 Å². The Morgan fingerprint density at radius 3 is 2.38 bits per heavy atom. The van der Waals surface area contributed by atoms with Gasteiger partial charge in [0.05, 0.1) is 19.2 Å². The van der Waals surface area contributed by atoms with Crippen molar-refractivity contribution in [2.45, 2.75) is 0 Å². The Hall–Kier alpha value is -3.58. The minimum atomic E-state index is -1.58. The Bertz CT molecular complexity index is 974. The van der Waals surface area contributed by atoms with Crippen molar-refractivity contribution in [2.75, 3.05) is 36.5 Å². The molecule has 1 saturated heterocycles. The molecule has 29 heavy (non-hydrogen) atoms. The van der Waals surface area contributed by atoms with Crippen LogP contribution in [0, 0.1) is 0 Å². The van der Waals surface area contributed by atoms with Gasteiger partial charge in [0.25, 0.3) is 0 Å². The second-order valence-electron chi connectivity index (χ2n) is 6.61. The molecule has 1 fully saturated rings. The molecular weight excluding hydrogens is 372 g/mol. The van der Waals surface area contributed by atoms with Crippen molar-refractivity contribution in [1.29, 1.82) is 0 Å². The summed E-state index contributed by atoms with van der Waals surface area (Å²) in [6.45, 7) is 3.05.